The summed E-state index contributed by atoms with van der Waals surface area (Å²) in [6.07, 6.45) is 6.04. The van der Waals surface area contributed by atoms with E-state index in [1.165, 1.54) is 6.42 Å². The predicted octanol–water partition coefficient (Wildman–Crippen LogP) is 0.633. The van der Waals surface area contributed by atoms with Gasteiger partial charge in [-0.05, 0) is 39.0 Å². The van der Waals surface area contributed by atoms with Gasteiger partial charge in [0.15, 0.2) is 0 Å². The molecule has 108 valence electrons. The van der Waals surface area contributed by atoms with Gasteiger partial charge in [-0.3, -0.25) is 9.59 Å². The minimum absolute atomic E-state index is 0.0308. The molecule has 5 nitrogen and oxygen atoms in total. The van der Waals surface area contributed by atoms with Gasteiger partial charge < -0.3 is 16.0 Å². The highest BCUT2D eigenvalue weighted by atomic mass is 16.2. The fourth-order valence-electron chi connectivity index (χ4n) is 3.09. The zero-order valence-electron chi connectivity index (χ0n) is 11.8. The SMILES string of the molecule is CC1(C(=O)NCC(=O)N2CCCCC2)CCCC1N. The zero-order chi connectivity index (χ0) is 13.9. The Balaban J connectivity index is 1.81. The third kappa shape index (κ3) is 3.08. The molecule has 1 saturated carbocycles. The molecule has 3 N–H and O–H groups in total. The lowest BCUT2D eigenvalue weighted by Gasteiger charge is -2.29. The van der Waals surface area contributed by atoms with E-state index in [1.807, 2.05) is 11.8 Å². The second-order valence-electron chi connectivity index (χ2n) is 6.04. The van der Waals surface area contributed by atoms with Crippen LogP contribution in [0.1, 0.15) is 45.4 Å². The zero-order valence-corrected chi connectivity index (χ0v) is 11.8. The van der Waals surface area contributed by atoms with Crippen molar-refractivity contribution < 1.29 is 9.59 Å². The summed E-state index contributed by atoms with van der Waals surface area (Å²) >= 11 is 0. The first-order chi connectivity index (χ1) is 9.04. The van der Waals surface area contributed by atoms with Crippen LogP contribution in [0.25, 0.3) is 0 Å². The van der Waals surface area contributed by atoms with Gasteiger partial charge in [0.2, 0.25) is 11.8 Å². The summed E-state index contributed by atoms with van der Waals surface area (Å²) in [5.41, 5.74) is 5.51. The summed E-state index contributed by atoms with van der Waals surface area (Å²) in [4.78, 5) is 26.0. The number of rotatable bonds is 3. The van der Waals surface area contributed by atoms with Gasteiger partial charge >= 0.3 is 0 Å². The van der Waals surface area contributed by atoms with E-state index in [0.717, 1.165) is 45.2 Å². The second kappa shape index (κ2) is 5.90. The Morgan fingerprint density at radius 2 is 1.95 bits per heavy atom. The lowest BCUT2D eigenvalue weighted by Crippen LogP contribution is -2.50. The van der Waals surface area contributed by atoms with Gasteiger partial charge in [0, 0.05) is 19.1 Å². The number of carbonyl (C=O) groups excluding carboxylic acids is 2. The number of nitrogens with zero attached hydrogens (tertiary/aromatic N) is 1. The van der Waals surface area contributed by atoms with Gasteiger partial charge in [0.05, 0.1) is 12.0 Å². The van der Waals surface area contributed by atoms with Crippen LogP contribution in [-0.2, 0) is 9.59 Å². The number of carbonyl (C=O) groups is 2. The first-order valence-electron chi connectivity index (χ1n) is 7.36. The number of nitrogens with one attached hydrogen (secondary N) is 1. The quantitative estimate of drug-likeness (QED) is 0.787. The van der Waals surface area contributed by atoms with Crippen molar-refractivity contribution in [3.05, 3.63) is 0 Å². The van der Waals surface area contributed by atoms with Crippen LogP contribution in [0.4, 0.5) is 0 Å². The number of hydrogen-bond donors (Lipinski definition) is 2. The summed E-state index contributed by atoms with van der Waals surface area (Å²) in [5, 5.41) is 2.78. The Morgan fingerprint density at radius 1 is 1.26 bits per heavy atom. The molecule has 0 aromatic heterocycles. The van der Waals surface area contributed by atoms with Crippen LogP contribution in [-0.4, -0.2) is 42.4 Å². The third-order valence-electron chi connectivity index (χ3n) is 4.66. The van der Waals surface area contributed by atoms with E-state index >= 15 is 0 Å². The van der Waals surface area contributed by atoms with Crippen molar-refractivity contribution in [3.63, 3.8) is 0 Å². The van der Waals surface area contributed by atoms with Crippen molar-refractivity contribution in [1.29, 1.82) is 0 Å². The van der Waals surface area contributed by atoms with E-state index in [0.29, 0.717) is 0 Å². The van der Waals surface area contributed by atoms with Crippen molar-refractivity contribution in [2.75, 3.05) is 19.6 Å². The molecule has 0 aromatic rings. The average Bonchev–Trinajstić information content (AvgIpc) is 2.78. The summed E-state index contributed by atoms with van der Waals surface area (Å²) in [5.74, 6) is -0.0360. The molecule has 1 saturated heterocycles. The fraction of sp³-hybridized carbons (Fsp3) is 0.857. The molecule has 2 fully saturated rings. The molecule has 2 amide bonds. The van der Waals surface area contributed by atoms with Crippen LogP contribution >= 0.6 is 0 Å². The van der Waals surface area contributed by atoms with Crippen LogP contribution in [0.5, 0.6) is 0 Å². The molecule has 0 radical (unpaired) electrons. The van der Waals surface area contributed by atoms with Crippen molar-refractivity contribution in [2.24, 2.45) is 11.1 Å². The third-order valence-corrected chi connectivity index (χ3v) is 4.66. The summed E-state index contributed by atoms with van der Waals surface area (Å²) < 4.78 is 0. The number of nitrogens with two attached hydrogens (primary N) is 1. The summed E-state index contributed by atoms with van der Waals surface area (Å²) in [6, 6.07) is -0.0856. The van der Waals surface area contributed by atoms with E-state index < -0.39 is 5.41 Å². The van der Waals surface area contributed by atoms with E-state index in [1.54, 1.807) is 0 Å². The Kier molecular flexibility index (Phi) is 4.45. The minimum atomic E-state index is -0.498. The number of piperidine rings is 1. The van der Waals surface area contributed by atoms with Gasteiger partial charge in [-0.15, -0.1) is 0 Å². The highest BCUT2D eigenvalue weighted by Crippen LogP contribution is 2.36. The number of amides is 2. The lowest BCUT2D eigenvalue weighted by atomic mass is 9.84. The van der Waals surface area contributed by atoms with Crippen LogP contribution in [0, 0.1) is 5.41 Å². The maximum atomic E-state index is 12.2. The smallest absolute Gasteiger partial charge is 0.241 e. The Morgan fingerprint density at radius 3 is 2.53 bits per heavy atom. The standard InChI is InChI=1S/C14H25N3O2/c1-14(7-5-6-11(14)15)13(19)16-10-12(18)17-8-3-2-4-9-17/h11H,2-10,15H2,1H3,(H,16,19). The van der Waals surface area contributed by atoms with Gasteiger partial charge in [-0.1, -0.05) is 6.42 Å². The molecule has 5 heteroatoms. The van der Waals surface area contributed by atoms with Crippen LogP contribution in [0.15, 0.2) is 0 Å². The summed E-state index contributed by atoms with van der Waals surface area (Å²) in [7, 11) is 0. The number of likely N-dealkylation sites (tertiary alicyclic amines) is 1. The van der Waals surface area contributed by atoms with E-state index in [2.05, 4.69) is 5.32 Å². The van der Waals surface area contributed by atoms with Gasteiger partial charge in [0.1, 0.15) is 0 Å². The van der Waals surface area contributed by atoms with Crippen molar-refractivity contribution in [3.8, 4) is 0 Å². The van der Waals surface area contributed by atoms with Gasteiger partial charge in [-0.25, -0.2) is 0 Å². The molecular weight excluding hydrogens is 242 g/mol. The van der Waals surface area contributed by atoms with Crippen LogP contribution in [0.3, 0.4) is 0 Å². The second-order valence-corrected chi connectivity index (χ2v) is 6.04. The molecule has 2 rings (SSSR count). The van der Waals surface area contributed by atoms with Gasteiger partial charge in [0.25, 0.3) is 0 Å². The molecule has 0 spiro atoms. The highest BCUT2D eigenvalue weighted by Gasteiger charge is 2.42. The normalized spacial score (nSPS) is 31.3. The first-order valence-corrected chi connectivity index (χ1v) is 7.36. The molecule has 0 aromatic carbocycles. The molecule has 1 aliphatic heterocycles. The molecule has 2 aliphatic rings. The topological polar surface area (TPSA) is 75.4 Å². The molecule has 2 unspecified atom stereocenters. The maximum absolute atomic E-state index is 12.2. The van der Waals surface area contributed by atoms with Crippen LogP contribution < -0.4 is 11.1 Å². The molecule has 0 bridgehead atoms. The number of hydrogen-bond acceptors (Lipinski definition) is 3. The van der Waals surface area contributed by atoms with Crippen molar-refractivity contribution in [1.82, 2.24) is 10.2 Å². The molecule has 19 heavy (non-hydrogen) atoms. The Hall–Kier alpha value is -1.10. The molecule has 1 heterocycles. The Labute approximate surface area is 114 Å². The van der Waals surface area contributed by atoms with E-state index in [-0.39, 0.29) is 24.4 Å². The van der Waals surface area contributed by atoms with E-state index in [9.17, 15) is 9.59 Å². The van der Waals surface area contributed by atoms with E-state index in [4.69, 9.17) is 5.73 Å². The predicted molar refractivity (Wildman–Crippen MR) is 73.4 cm³/mol. The minimum Gasteiger partial charge on any atom is -0.347 e. The largest absolute Gasteiger partial charge is 0.347 e. The fourth-order valence-corrected chi connectivity index (χ4v) is 3.09. The average molecular weight is 267 g/mol. The monoisotopic (exact) mass is 267 g/mol. The first kappa shape index (κ1) is 14.3. The van der Waals surface area contributed by atoms with Crippen molar-refractivity contribution >= 4 is 11.8 Å². The maximum Gasteiger partial charge on any atom is 0.241 e. The molecule has 1 aliphatic carbocycles. The lowest BCUT2D eigenvalue weighted by molar-refractivity contribution is -0.136. The molecular formula is C14H25N3O2. The Bertz CT molecular complexity index is 353. The highest BCUT2D eigenvalue weighted by molar-refractivity contribution is 5.88. The molecule has 2 atom stereocenters. The van der Waals surface area contributed by atoms with Crippen LogP contribution in [0.2, 0.25) is 0 Å². The summed E-state index contributed by atoms with van der Waals surface area (Å²) in [6.45, 7) is 3.67. The van der Waals surface area contributed by atoms with Gasteiger partial charge in [-0.2, -0.15) is 0 Å². The van der Waals surface area contributed by atoms with Crippen molar-refractivity contribution in [2.45, 2.75) is 51.5 Å².